The lowest BCUT2D eigenvalue weighted by molar-refractivity contribution is 0.0677. The molecule has 0 amide bonds. The van der Waals surface area contributed by atoms with Crippen molar-refractivity contribution in [1.29, 1.82) is 0 Å². The Kier molecular flexibility index (Phi) is 8.61. The highest BCUT2D eigenvalue weighted by Gasteiger charge is 2.19. The Balaban J connectivity index is 1.42. The standard InChI is InChI=1S/C26H28FN9O/c1-3-23(27)25(36-9-11-37-12-10-36)33-26(28)35-31-17-20-6-7-21(16-29-20)32-22-14-18(2)13-19(15-22)24-5-4-8-30-34-24/h3-8,13-17,32H,9-12H2,1-2H3,(H2,28,35)/b23-3+,31-17+,33-25+. The van der Waals surface area contributed by atoms with E-state index in [0.29, 0.717) is 32.0 Å². The van der Waals surface area contributed by atoms with Crippen molar-refractivity contribution in [2.45, 2.75) is 13.8 Å². The van der Waals surface area contributed by atoms with Crippen molar-refractivity contribution < 1.29 is 9.13 Å². The van der Waals surface area contributed by atoms with Gasteiger partial charge in [-0.3, -0.25) is 4.98 Å². The summed E-state index contributed by atoms with van der Waals surface area (Å²) in [4.78, 5) is 10.3. The number of guanidine groups is 1. The average molecular weight is 502 g/mol. The van der Waals surface area contributed by atoms with Crippen LogP contribution < -0.4 is 11.1 Å². The van der Waals surface area contributed by atoms with Crippen molar-refractivity contribution in [3.05, 3.63) is 78.0 Å². The number of pyridine rings is 1. The quantitative estimate of drug-likeness (QED) is 0.298. The van der Waals surface area contributed by atoms with Gasteiger partial charge in [0.1, 0.15) is 0 Å². The largest absolute Gasteiger partial charge is 0.378 e. The molecule has 3 heterocycles. The summed E-state index contributed by atoms with van der Waals surface area (Å²) in [6, 6.07) is 13.5. The predicted molar refractivity (Wildman–Crippen MR) is 144 cm³/mol. The number of anilines is 2. The molecule has 0 unspecified atom stereocenters. The van der Waals surface area contributed by atoms with Crippen molar-refractivity contribution in [2.24, 2.45) is 20.9 Å². The minimum absolute atomic E-state index is 0.120. The van der Waals surface area contributed by atoms with Gasteiger partial charge in [0.2, 0.25) is 5.96 Å². The Morgan fingerprint density at radius 1 is 1.16 bits per heavy atom. The number of aryl methyl sites for hydroxylation is 1. The number of ether oxygens (including phenoxy) is 1. The van der Waals surface area contributed by atoms with Gasteiger partial charge < -0.3 is 20.7 Å². The number of amidine groups is 1. The monoisotopic (exact) mass is 501 g/mol. The number of nitrogens with zero attached hydrogens (tertiary/aromatic N) is 7. The minimum Gasteiger partial charge on any atom is -0.378 e. The number of morpholine rings is 1. The number of aliphatic imine (C=N–C) groups is 1. The third kappa shape index (κ3) is 7.24. The molecule has 0 atom stereocenters. The molecular weight excluding hydrogens is 473 g/mol. The topological polar surface area (TPSA) is 126 Å². The van der Waals surface area contributed by atoms with E-state index in [4.69, 9.17) is 10.5 Å². The van der Waals surface area contributed by atoms with Gasteiger partial charge in [-0.2, -0.15) is 20.3 Å². The van der Waals surface area contributed by atoms with E-state index in [2.05, 4.69) is 41.8 Å². The van der Waals surface area contributed by atoms with Crippen LogP contribution in [0.5, 0.6) is 0 Å². The van der Waals surface area contributed by atoms with Gasteiger partial charge in [-0.1, -0.05) is 0 Å². The number of aromatic nitrogens is 3. The minimum atomic E-state index is -0.480. The lowest BCUT2D eigenvalue weighted by Crippen LogP contribution is -2.41. The fraction of sp³-hybridized carbons (Fsp3) is 0.231. The molecule has 4 rings (SSSR count). The van der Waals surface area contributed by atoms with Crippen LogP contribution in [0.15, 0.2) is 82.0 Å². The fourth-order valence-corrected chi connectivity index (χ4v) is 3.64. The zero-order chi connectivity index (χ0) is 26.0. The summed E-state index contributed by atoms with van der Waals surface area (Å²) in [5.74, 6) is -0.521. The molecule has 10 nitrogen and oxygen atoms in total. The van der Waals surface area contributed by atoms with Gasteiger partial charge in [-0.25, -0.2) is 4.39 Å². The number of rotatable bonds is 6. The molecule has 37 heavy (non-hydrogen) atoms. The molecule has 1 saturated heterocycles. The van der Waals surface area contributed by atoms with Crippen molar-refractivity contribution in [3.63, 3.8) is 0 Å². The average Bonchev–Trinajstić information content (AvgIpc) is 2.93. The van der Waals surface area contributed by atoms with Crippen LogP contribution in [-0.4, -0.2) is 64.4 Å². The lowest BCUT2D eigenvalue weighted by atomic mass is 10.1. The third-order valence-electron chi connectivity index (χ3n) is 5.37. The number of halogens is 1. The summed E-state index contributed by atoms with van der Waals surface area (Å²) in [7, 11) is 0. The molecule has 0 spiro atoms. The van der Waals surface area contributed by atoms with Crippen molar-refractivity contribution in [1.82, 2.24) is 20.1 Å². The van der Waals surface area contributed by atoms with E-state index in [-0.39, 0.29) is 11.8 Å². The maximum Gasteiger partial charge on any atom is 0.242 e. The second kappa shape index (κ2) is 12.5. The van der Waals surface area contributed by atoms with Gasteiger partial charge in [0.25, 0.3) is 0 Å². The predicted octanol–water partition coefficient (Wildman–Crippen LogP) is 3.84. The van der Waals surface area contributed by atoms with Crippen molar-refractivity contribution in [2.75, 3.05) is 31.6 Å². The van der Waals surface area contributed by atoms with Gasteiger partial charge in [0, 0.05) is 30.5 Å². The molecule has 1 aliphatic rings. The van der Waals surface area contributed by atoms with Crippen LogP contribution in [0.2, 0.25) is 0 Å². The lowest BCUT2D eigenvalue weighted by Gasteiger charge is -2.28. The maximum atomic E-state index is 14.3. The van der Waals surface area contributed by atoms with Crippen molar-refractivity contribution >= 4 is 29.4 Å². The zero-order valence-electron chi connectivity index (χ0n) is 20.7. The second-order valence-corrected chi connectivity index (χ2v) is 8.17. The Morgan fingerprint density at radius 2 is 2.00 bits per heavy atom. The van der Waals surface area contributed by atoms with Gasteiger partial charge >= 0.3 is 0 Å². The SMILES string of the molecule is C\C=C(F)/C(=N\C(N)=N/N=C/c1ccc(Nc2cc(C)cc(-c3cccnn3)c2)cn1)N1CCOCC1. The number of nitrogens with two attached hydrogens (primary N) is 1. The van der Waals surface area contributed by atoms with Crippen LogP contribution in [-0.2, 0) is 4.74 Å². The van der Waals surface area contributed by atoms with E-state index in [0.717, 1.165) is 28.2 Å². The molecule has 1 fully saturated rings. The van der Waals surface area contributed by atoms with Crippen LogP contribution in [0.1, 0.15) is 18.2 Å². The summed E-state index contributed by atoms with van der Waals surface area (Å²) < 4.78 is 19.6. The van der Waals surface area contributed by atoms with Gasteiger partial charge in [0.15, 0.2) is 11.7 Å². The Morgan fingerprint density at radius 3 is 2.70 bits per heavy atom. The molecule has 1 aromatic carbocycles. The summed E-state index contributed by atoms with van der Waals surface area (Å²) in [5, 5.41) is 19.3. The molecule has 190 valence electrons. The summed E-state index contributed by atoms with van der Waals surface area (Å²) >= 11 is 0. The van der Waals surface area contributed by atoms with E-state index >= 15 is 0 Å². The zero-order valence-corrected chi connectivity index (χ0v) is 20.7. The number of hydrogen-bond donors (Lipinski definition) is 2. The highest BCUT2D eigenvalue weighted by atomic mass is 19.1. The summed E-state index contributed by atoms with van der Waals surface area (Å²) in [6.07, 6.45) is 6.12. The van der Waals surface area contributed by atoms with E-state index in [9.17, 15) is 4.39 Å². The molecule has 0 bridgehead atoms. The van der Waals surface area contributed by atoms with Gasteiger partial charge in [-0.05, 0) is 68.0 Å². The van der Waals surface area contributed by atoms with E-state index in [1.165, 1.54) is 12.3 Å². The first-order valence-electron chi connectivity index (χ1n) is 11.7. The number of nitrogens with one attached hydrogen (secondary N) is 1. The summed E-state index contributed by atoms with van der Waals surface area (Å²) in [6.45, 7) is 5.64. The molecule has 0 saturated carbocycles. The third-order valence-corrected chi connectivity index (χ3v) is 5.37. The summed E-state index contributed by atoms with van der Waals surface area (Å²) in [5.41, 5.74) is 11.0. The first-order chi connectivity index (χ1) is 18.0. The van der Waals surface area contributed by atoms with Crippen LogP contribution in [0.3, 0.4) is 0 Å². The van der Waals surface area contributed by atoms with Crippen LogP contribution in [0.4, 0.5) is 15.8 Å². The van der Waals surface area contributed by atoms with E-state index < -0.39 is 5.83 Å². The molecule has 1 aliphatic heterocycles. The highest BCUT2D eigenvalue weighted by molar-refractivity contribution is 6.03. The first kappa shape index (κ1) is 25.6. The molecule has 11 heteroatoms. The number of hydrogen-bond acceptors (Lipinski definition) is 7. The smallest absolute Gasteiger partial charge is 0.242 e. The normalized spacial score (nSPS) is 15.3. The van der Waals surface area contributed by atoms with E-state index in [1.807, 2.05) is 37.3 Å². The molecule has 2 aromatic heterocycles. The number of allylic oxidation sites excluding steroid dienone is 1. The Hall–Kier alpha value is -4.51. The fourth-order valence-electron chi connectivity index (χ4n) is 3.64. The second-order valence-electron chi connectivity index (χ2n) is 8.17. The van der Waals surface area contributed by atoms with Crippen LogP contribution >= 0.6 is 0 Å². The van der Waals surface area contributed by atoms with E-state index in [1.54, 1.807) is 30.3 Å². The van der Waals surface area contributed by atoms with Gasteiger partial charge in [-0.15, -0.1) is 5.10 Å². The molecule has 3 N–H and O–H groups in total. The Bertz CT molecular complexity index is 1320. The first-order valence-corrected chi connectivity index (χ1v) is 11.7. The molecule has 3 aromatic rings. The van der Waals surface area contributed by atoms with Crippen molar-refractivity contribution in [3.8, 4) is 11.3 Å². The maximum absolute atomic E-state index is 14.3. The van der Waals surface area contributed by atoms with Crippen LogP contribution in [0.25, 0.3) is 11.3 Å². The van der Waals surface area contributed by atoms with Gasteiger partial charge in [0.05, 0.1) is 42.7 Å². The van der Waals surface area contributed by atoms with Crippen LogP contribution in [0, 0.1) is 6.92 Å². The molecule has 0 radical (unpaired) electrons. The highest BCUT2D eigenvalue weighted by Crippen LogP contribution is 2.25. The molecular formula is C26H28FN9O. The number of benzene rings is 1. The Labute approximate surface area is 214 Å². The molecule has 0 aliphatic carbocycles.